The first-order valence-corrected chi connectivity index (χ1v) is 11.0. The van der Waals surface area contributed by atoms with Crippen molar-refractivity contribution < 1.29 is 23.9 Å². The summed E-state index contributed by atoms with van der Waals surface area (Å²) in [6.07, 6.45) is 2.90. The summed E-state index contributed by atoms with van der Waals surface area (Å²) in [7, 11) is 0. The number of halogens is 2. The molecule has 11 heteroatoms. The number of aromatic nitrogens is 2. The van der Waals surface area contributed by atoms with E-state index in [2.05, 4.69) is 4.98 Å². The van der Waals surface area contributed by atoms with Crippen LogP contribution in [0.5, 0.6) is 0 Å². The summed E-state index contributed by atoms with van der Waals surface area (Å²) in [6.45, 7) is 3.67. The molecule has 3 aromatic rings. The molecule has 5 rings (SSSR count). The summed E-state index contributed by atoms with van der Waals surface area (Å²) < 4.78 is 12.3. The number of carbonyl (C=O) groups excluding carboxylic acids is 1. The first-order chi connectivity index (χ1) is 15.3. The van der Waals surface area contributed by atoms with Crippen LogP contribution in [0.1, 0.15) is 24.1 Å². The van der Waals surface area contributed by atoms with E-state index in [0.29, 0.717) is 59.5 Å². The third kappa shape index (κ3) is 3.60. The molecule has 2 aliphatic rings. The largest absolute Gasteiger partial charge is 0.421 e. The van der Waals surface area contributed by atoms with Crippen molar-refractivity contribution >= 4 is 51.9 Å². The molecular weight excluding hydrogens is 457 g/mol. The molecule has 1 amide bonds. The van der Waals surface area contributed by atoms with Gasteiger partial charge in [0, 0.05) is 27.9 Å². The molecule has 0 spiro atoms. The van der Waals surface area contributed by atoms with Crippen LogP contribution in [0, 0.1) is 0 Å². The Kier molecular flexibility index (Phi) is 5.27. The van der Waals surface area contributed by atoms with E-state index in [-0.39, 0.29) is 18.0 Å². The van der Waals surface area contributed by atoms with Crippen molar-refractivity contribution in [1.29, 1.82) is 0 Å². The van der Waals surface area contributed by atoms with Gasteiger partial charge in [0.25, 0.3) is 18.1 Å². The first-order valence-electron chi connectivity index (χ1n) is 10.3. The smallest absolute Gasteiger partial charge is 0.293 e. The summed E-state index contributed by atoms with van der Waals surface area (Å²) in [5.41, 5.74) is 9.14. The number of carbonyl (C=O) groups is 1. The van der Waals surface area contributed by atoms with Crippen LogP contribution in [0.25, 0.3) is 11.1 Å². The molecule has 0 aliphatic carbocycles. The lowest BCUT2D eigenvalue weighted by Gasteiger charge is -2.40. The van der Waals surface area contributed by atoms with Crippen molar-refractivity contribution in [3.63, 3.8) is 0 Å². The van der Waals surface area contributed by atoms with Crippen LogP contribution in [0.4, 0.5) is 11.7 Å². The highest BCUT2D eigenvalue weighted by atomic mass is 35.5. The first kappa shape index (κ1) is 21.1. The molecule has 4 heterocycles. The molecule has 32 heavy (non-hydrogen) atoms. The maximum Gasteiger partial charge on any atom is 0.293 e. The number of ether oxygens (including phenoxy) is 1. The van der Waals surface area contributed by atoms with Gasteiger partial charge in [0.05, 0.1) is 19.2 Å². The average molecular weight is 479 g/mol. The number of amides is 1. The number of hydrogen-bond donors (Lipinski definition) is 2. The average Bonchev–Trinajstić information content (AvgIpc) is 3.12. The van der Waals surface area contributed by atoms with Crippen molar-refractivity contribution in [2.45, 2.75) is 25.5 Å². The number of rotatable bonds is 2. The molecule has 2 aromatic heterocycles. The summed E-state index contributed by atoms with van der Waals surface area (Å²) in [4.78, 5) is 21.3. The molecule has 0 saturated carbocycles. The Balaban J connectivity index is 1.40. The van der Waals surface area contributed by atoms with E-state index in [0.717, 1.165) is 15.9 Å². The number of nitrogen functional groups attached to an aromatic ring is 1. The van der Waals surface area contributed by atoms with E-state index >= 15 is 0 Å². The van der Waals surface area contributed by atoms with Gasteiger partial charge in [-0.15, -0.1) is 0 Å². The van der Waals surface area contributed by atoms with Crippen LogP contribution in [0.3, 0.4) is 0 Å². The summed E-state index contributed by atoms with van der Waals surface area (Å²) in [6, 6.07) is 3.42. The number of pyridine rings is 1. The van der Waals surface area contributed by atoms with E-state index in [1.165, 1.54) is 12.4 Å². The highest BCUT2D eigenvalue weighted by Gasteiger charge is 2.37. The molecule has 0 unspecified atom stereocenters. The molecule has 0 bridgehead atoms. The monoisotopic (exact) mass is 478 g/mol. The maximum atomic E-state index is 13.5. The second-order valence-corrected chi connectivity index (χ2v) is 8.86. The fourth-order valence-corrected chi connectivity index (χ4v) is 5.29. The molecule has 168 valence electrons. The molecular formula is C21H22Cl2N5O4+. The molecule has 2 atom stereocenters. The quantitative estimate of drug-likeness (QED) is 0.430. The van der Waals surface area contributed by atoms with E-state index in [1.807, 2.05) is 17.9 Å². The van der Waals surface area contributed by atoms with Crippen molar-refractivity contribution in [3.8, 4) is 0 Å². The minimum absolute atomic E-state index is 0.00567. The van der Waals surface area contributed by atoms with Crippen LogP contribution >= 0.6 is 23.2 Å². The minimum atomic E-state index is -0.679. The van der Waals surface area contributed by atoms with E-state index in [9.17, 15) is 10.0 Å². The van der Waals surface area contributed by atoms with Crippen LogP contribution in [0.15, 0.2) is 28.9 Å². The van der Waals surface area contributed by atoms with Crippen LogP contribution in [-0.2, 0) is 16.0 Å². The molecule has 2 aliphatic heterocycles. The van der Waals surface area contributed by atoms with Crippen LogP contribution < -0.4 is 15.4 Å². The molecule has 1 fully saturated rings. The number of hydrogen-bond acceptors (Lipinski definition) is 7. The third-order valence-electron chi connectivity index (χ3n) is 6.06. The van der Waals surface area contributed by atoms with E-state index < -0.39 is 6.10 Å². The number of anilines is 2. The van der Waals surface area contributed by atoms with Gasteiger partial charge >= 0.3 is 0 Å². The predicted molar refractivity (Wildman–Crippen MR) is 118 cm³/mol. The Bertz CT molecular complexity index is 1220. The topological polar surface area (TPSA) is 109 Å². The highest BCUT2D eigenvalue weighted by molar-refractivity contribution is 6.35. The van der Waals surface area contributed by atoms with E-state index in [4.69, 9.17) is 38.1 Å². The van der Waals surface area contributed by atoms with Gasteiger partial charge in [-0.2, -0.15) is 4.98 Å². The Morgan fingerprint density at radius 1 is 1.31 bits per heavy atom. The van der Waals surface area contributed by atoms with Crippen molar-refractivity contribution in [1.82, 2.24) is 9.88 Å². The zero-order chi connectivity index (χ0) is 22.6. The van der Waals surface area contributed by atoms with Gasteiger partial charge < -0.3 is 24.7 Å². The number of morpholine rings is 1. The van der Waals surface area contributed by atoms with Gasteiger partial charge in [0.15, 0.2) is 22.9 Å². The highest BCUT2D eigenvalue weighted by Crippen LogP contribution is 2.37. The van der Waals surface area contributed by atoms with Crippen LogP contribution in [-0.4, -0.2) is 53.3 Å². The fourth-order valence-electron chi connectivity index (χ4n) is 4.60. The van der Waals surface area contributed by atoms with Gasteiger partial charge in [-0.3, -0.25) is 10.0 Å². The lowest BCUT2D eigenvalue weighted by molar-refractivity contribution is -0.903. The number of nitrogens with zero attached hydrogens (tertiary/aromatic N) is 4. The third-order valence-corrected chi connectivity index (χ3v) is 6.60. The normalized spacial score (nSPS) is 21.1. The Hall–Kier alpha value is -2.75. The zero-order valence-electron chi connectivity index (χ0n) is 17.3. The molecule has 0 radical (unpaired) electrons. The molecule has 1 saturated heterocycles. The number of benzene rings is 1. The van der Waals surface area contributed by atoms with Gasteiger partial charge in [0.1, 0.15) is 0 Å². The second-order valence-electron chi connectivity index (χ2n) is 8.01. The Labute approximate surface area is 193 Å². The van der Waals surface area contributed by atoms with Crippen molar-refractivity contribution in [2.24, 2.45) is 0 Å². The minimum Gasteiger partial charge on any atom is -0.421 e. The maximum absolute atomic E-state index is 13.5. The fraction of sp³-hybridized carbons (Fsp3) is 0.381. The lowest BCUT2D eigenvalue weighted by atomic mass is 9.93. The molecule has 3 N–H and O–H groups in total. The van der Waals surface area contributed by atoms with Gasteiger partial charge in [-0.1, -0.05) is 23.2 Å². The predicted octanol–water partition coefficient (Wildman–Crippen LogP) is 2.59. The van der Waals surface area contributed by atoms with Gasteiger partial charge in [0.2, 0.25) is 6.20 Å². The van der Waals surface area contributed by atoms with Gasteiger partial charge in [-0.25, -0.2) is 0 Å². The number of fused-ring (bicyclic) bond motifs is 2. The SMILES string of the molecule is C[C@H]1c2c(Cl)cc(Cl)cc2CCN1C(=O)[C@H]1CN(c2c[n+](O)cc3nc(N)oc23)CCO1. The summed E-state index contributed by atoms with van der Waals surface area (Å²) in [5, 5.41) is 11.2. The summed E-state index contributed by atoms with van der Waals surface area (Å²) in [5.74, 6) is -0.111. The lowest BCUT2D eigenvalue weighted by Crippen LogP contribution is -2.53. The standard InChI is InChI=1S/C21H22Cl2N5O4/c1-11-18-12(6-13(22)7-14(18)23)2-3-28(11)20(29)17-10-26(4-5-31-17)16-9-27(30)8-15-19(16)32-21(24)25-15/h6-9,11,17,30H,2-5,10H2,1H3,(H2,24,25)/q+1/t11-,17+/m0/s1. The second kappa shape index (κ2) is 7.99. The molecule has 9 nitrogen and oxygen atoms in total. The summed E-state index contributed by atoms with van der Waals surface area (Å²) >= 11 is 12.6. The zero-order valence-corrected chi connectivity index (χ0v) is 18.8. The number of nitrogens with two attached hydrogens (primary N) is 1. The Morgan fingerprint density at radius 3 is 2.94 bits per heavy atom. The van der Waals surface area contributed by atoms with Crippen molar-refractivity contribution in [3.05, 3.63) is 45.7 Å². The molecule has 1 aromatic carbocycles. The van der Waals surface area contributed by atoms with Crippen molar-refractivity contribution in [2.75, 3.05) is 36.9 Å². The van der Waals surface area contributed by atoms with Gasteiger partial charge in [-0.05, 0) is 36.6 Å². The van der Waals surface area contributed by atoms with Crippen LogP contribution in [0.2, 0.25) is 10.0 Å². The number of oxazole rings is 1. The van der Waals surface area contributed by atoms with E-state index in [1.54, 1.807) is 11.0 Å². The Morgan fingerprint density at radius 2 is 2.12 bits per heavy atom.